The van der Waals surface area contributed by atoms with Crippen LogP contribution in [0.2, 0.25) is 0 Å². The van der Waals surface area contributed by atoms with Gasteiger partial charge in [-0.15, -0.1) is 0 Å². The molecule has 1 saturated heterocycles. The van der Waals surface area contributed by atoms with Crippen LogP contribution in [-0.4, -0.2) is 78.5 Å². The molecule has 4 heteroatoms. The lowest BCUT2D eigenvalue weighted by atomic mass is 10.0. The summed E-state index contributed by atoms with van der Waals surface area (Å²) < 4.78 is 0. The summed E-state index contributed by atoms with van der Waals surface area (Å²) in [6, 6.07) is 0. The first kappa shape index (κ1) is 13.5. The van der Waals surface area contributed by atoms with E-state index in [4.69, 9.17) is 0 Å². The number of hydrogen-bond donors (Lipinski definition) is 0. The molecule has 0 amide bonds. The van der Waals surface area contributed by atoms with Crippen molar-refractivity contribution >= 4 is 0 Å². The van der Waals surface area contributed by atoms with Gasteiger partial charge in [0.25, 0.3) is 0 Å². The zero-order valence-corrected chi connectivity index (χ0v) is 12.6. The summed E-state index contributed by atoms with van der Waals surface area (Å²) in [5.74, 6) is 1.39. The molecule has 2 aliphatic heterocycles. The Labute approximate surface area is 112 Å². The molecule has 0 saturated carbocycles. The Morgan fingerprint density at radius 1 is 0.889 bits per heavy atom. The SMILES string of the molecule is CN1C=C(N2CCN(C(C)(C)C)CC2)N(C)CC1. The van der Waals surface area contributed by atoms with Crippen LogP contribution in [0.5, 0.6) is 0 Å². The lowest BCUT2D eigenvalue weighted by Crippen LogP contribution is -2.55. The molecule has 4 nitrogen and oxygen atoms in total. The van der Waals surface area contributed by atoms with Gasteiger partial charge in [0.05, 0.1) is 0 Å². The van der Waals surface area contributed by atoms with Crippen LogP contribution in [0.1, 0.15) is 20.8 Å². The molecule has 0 atom stereocenters. The van der Waals surface area contributed by atoms with Gasteiger partial charge in [0, 0.05) is 65.1 Å². The highest BCUT2D eigenvalue weighted by atomic mass is 15.4. The third kappa shape index (κ3) is 2.91. The maximum Gasteiger partial charge on any atom is 0.120 e. The van der Waals surface area contributed by atoms with Crippen LogP contribution >= 0.6 is 0 Å². The van der Waals surface area contributed by atoms with E-state index in [1.807, 2.05) is 0 Å². The Kier molecular flexibility index (Phi) is 3.76. The summed E-state index contributed by atoms with van der Waals surface area (Å²) in [5.41, 5.74) is 0.301. The largest absolute Gasteiger partial charge is 0.376 e. The van der Waals surface area contributed by atoms with Gasteiger partial charge >= 0.3 is 0 Å². The predicted molar refractivity (Wildman–Crippen MR) is 76.2 cm³/mol. The Bertz CT molecular complexity index is 310. The van der Waals surface area contributed by atoms with Gasteiger partial charge in [-0.1, -0.05) is 0 Å². The van der Waals surface area contributed by atoms with E-state index in [1.165, 1.54) is 18.9 Å². The average Bonchev–Trinajstić information content (AvgIpc) is 2.31. The first-order chi connectivity index (χ1) is 8.38. The van der Waals surface area contributed by atoms with Crippen LogP contribution in [0.15, 0.2) is 12.0 Å². The lowest BCUT2D eigenvalue weighted by Gasteiger charge is -2.46. The predicted octanol–water partition coefficient (Wildman–Crippen LogP) is 1.08. The van der Waals surface area contributed by atoms with Crippen molar-refractivity contribution in [3.63, 3.8) is 0 Å². The number of piperazine rings is 1. The van der Waals surface area contributed by atoms with Gasteiger partial charge in [-0.2, -0.15) is 0 Å². The van der Waals surface area contributed by atoms with Crippen LogP contribution in [0.25, 0.3) is 0 Å². The first-order valence-electron chi connectivity index (χ1n) is 7.01. The highest BCUT2D eigenvalue weighted by Crippen LogP contribution is 2.20. The lowest BCUT2D eigenvalue weighted by molar-refractivity contribution is 0.0587. The zero-order chi connectivity index (χ0) is 13.3. The molecule has 2 rings (SSSR count). The summed E-state index contributed by atoms with van der Waals surface area (Å²) in [7, 11) is 4.37. The molecule has 0 bridgehead atoms. The zero-order valence-electron chi connectivity index (χ0n) is 12.6. The number of nitrogens with zero attached hydrogens (tertiary/aromatic N) is 4. The molecule has 0 spiro atoms. The van der Waals surface area contributed by atoms with Crippen molar-refractivity contribution < 1.29 is 0 Å². The normalized spacial score (nSPS) is 23.4. The number of hydrogen-bond acceptors (Lipinski definition) is 4. The first-order valence-corrected chi connectivity index (χ1v) is 7.01. The maximum atomic E-state index is 2.58. The van der Waals surface area contributed by atoms with Gasteiger partial charge in [0.2, 0.25) is 0 Å². The van der Waals surface area contributed by atoms with E-state index in [9.17, 15) is 0 Å². The summed E-state index contributed by atoms with van der Waals surface area (Å²) in [5, 5.41) is 0. The molecule has 0 N–H and O–H groups in total. The molecule has 104 valence electrons. The van der Waals surface area contributed by atoms with Crippen molar-refractivity contribution in [3.05, 3.63) is 12.0 Å². The molecular weight excluding hydrogens is 224 g/mol. The third-order valence-corrected chi connectivity index (χ3v) is 4.07. The van der Waals surface area contributed by atoms with Gasteiger partial charge in [0.15, 0.2) is 0 Å². The van der Waals surface area contributed by atoms with Gasteiger partial charge in [-0.05, 0) is 20.8 Å². The second kappa shape index (κ2) is 5.00. The molecule has 0 unspecified atom stereocenters. The van der Waals surface area contributed by atoms with Gasteiger partial charge < -0.3 is 14.7 Å². The fraction of sp³-hybridized carbons (Fsp3) is 0.857. The van der Waals surface area contributed by atoms with Crippen molar-refractivity contribution in [1.29, 1.82) is 0 Å². The second-order valence-corrected chi connectivity index (χ2v) is 6.53. The Morgan fingerprint density at radius 3 is 2.06 bits per heavy atom. The molecule has 0 radical (unpaired) electrons. The summed E-state index contributed by atoms with van der Waals surface area (Å²) in [4.78, 5) is 9.78. The smallest absolute Gasteiger partial charge is 0.120 e. The molecule has 0 aliphatic carbocycles. The molecule has 2 aliphatic rings. The van der Waals surface area contributed by atoms with Crippen molar-refractivity contribution in [2.45, 2.75) is 26.3 Å². The van der Waals surface area contributed by atoms with E-state index in [-0.39, 0.29) is 0 Å². The Balaban J connectivity index is 1.97. The number of rotatable bonds is 1. The van der Waals surface area contributed by atoms with E-state index < -0.39 is 0 Å². The van der Waals surface area contributed by atoms with Gasteiger partial charge in [-0.25, -0.2) is 0 Å². The third-order valence-electron chi connectivity index (χ3n) is 4.07. The molecular formula is C14H28N4. The number of likely N-dealkylation sites (N-methyl/N-ethyl adjacent to an activating group) is 2. The van der Waals surface area contributed by atoms with E-state index in [1.54, 1.807) is 0 Å². The van der Waals surface area contributed by atoms with E-state index in [0.717, 1.165) is 26.2 Å². The fourth-order valence-corrected chi connectivity index (χ4v) is 2.71. The Morgan fingerprint density at radius 2 is 1.50 bits per heavy atom. The van der Waals surface area contributed by atoms with Crippen LogP contribution in [0.3, 0.4) is 0 Å². The molecule has 1 fully saturated rings. The second-order valence-electron chi connectivity index (χ2n) is 6.53. The molecule has 18 heavy (non-hydrogen) atoms. The van der Waals surface area contributed by atoms with E-state index >= 15 is 0 Å². The quantitative estimate of drug-likeness (QED) is 0.692. The van der Waals surface area contributed by atoms with Crippen LogP contribution in [-0.2, 0) is 0 Å². The monoisotopic (exact) mass is 252 g/mol. The average molecular weight is 252 g/mol. The molecule has 2 heterocycles. The van der Waals surface area contributed by atoms with Gasteiger partial charge in [-0.3, -0.25) is 4.90 Å². The van der Waals surface area contributed by atoms with E-state index in [2.05, 4.69) is 60.7 Å². The van der Waals surface area contributed by atoms with Crippen molar-refractivity contribution in [3.8, 4) is 0 Å². The molecule has 0 aromatic carbocycles. The Hall–Kier alpha value is -0.900. The van der Waals surface area contributed by atoms with Crippen molar-refractivity contribution in [2.75, 3.05) is 53.4 Å². The minimum absolute atomic E-state index is 0.301. The highest BCUT2D eigenvalue weighted by molar-refractivity contribution is 5.04. The van der Waals surface area contributed by atoms with E-state index in [0.29, 0.717) is 5.54 Å². The van der Waals surface area contributed by atoms with Crippen LogP contribution in [0.4, 0.5) is 0 Å². The standard InChI is InChI=1S/C14H28N4/c1-14(2,3)18-10-8-17(9-11-18)13-12-15(4)6-7-16(13)5/h12H,6-11H2,1-5H3. The summed E-state index contributed by atoms with van der Waals surface area (Å²) in [6.45, 7) is 13.8. The minimum Gasteiger partial charge on any atom is -0.376 e. The fourth-order valence-electron chi connectivity index (χ4n) is 2.71. The molecule has 0 aromatic rings. The minimum atomic E-state index is 0.301. The maximum absolute atomic E-state index is 2.58. The summed E-state index contributed by atoms with van der Waals surface area (Å²) >= 11 is 0. The van der Waals surface area contributed by atoms with Gasteiger partial charge in [0.1, 0.15) is 5.82 Å². The van der Waals surface area contributed by atoms with Crippen LogP contribution < -0.4 is 0 Å². The van der Waals surface area contributed by atoms with Crippen molar-refractivity contribution in [1.82, 2.24) is 19.6 Å². The van der Waals surface area contributed by atoms with Crippen LogP contribution in [0, 0.1) is 0 Å². The molecule has 0 aromatic heterocycles. The topological polar surface area (TPSA) is 13.0 Å². The summed E-state index contributed by atoms with van der Waals surface area (Å²) in [6.07, 6.45) is 2.29. The highest BCUT2D eigenvalue weighted by Gasteiger charge is 2.28. The van der Waals surface area contributed by atoms with Crippen molar-refractivity contribution in [2.24, 2.45) is 0 Å².